The molecule has 0 aromatic heterocycles. The van der Waals surface area contributed by atoms with E-state index in [4.69, 9.17) is 0 Å². The van der Waals surface area contributed by atoms with Gasteiger partial charge in [0.15, 0.2) is 0 Å². The molecule has 0 spiro atoms. The van der Waals surface area contributed by atoms with Crippen LogP contribution in [0.15, 0.2) is 53.4 Å². The van der Waals surface area contributed by atoms with E-state index in [1.807, 2.05) is 60.4 Å². The topological polar surface area (TPSA) is 49.4 Å². The van der Waals surface area contributed by atoms with Gasteiger partial charge >= 0.3 is 0 Å². The summed E-state index contributed by atoms with van der Waals surface area (Å²) >= 11 is 1.67. The van der Waals surface area contributed by atoms with Gasteiger partial charge in [0, 0.05) is 41.4 Å². The van der Waals surface area contributed by atoms with Gasteiger partial charge in [-0.3, -0.25) is 9.59 Å². The second-order valence-corrected chi connectivity index (χ2v) is 7.63. The van der Waals surface area contributed by atoms with Crippen LogP contribution in [-0.2, 0) is 9.59 Å². The highest BCUT2D eigenvalue weighted by Gasteiger charge is 2.21. The molecule has 0 radical (unpaired) electrons. The normalized spacial score (nSPS) is 14.3. The molecular weight excluding hydrogens is 344 g/mol. The first-order valence-electron chi connectivity index (χ1n) is 9.02. The number of amides is 2. The van der Waals surface area contributed by atoms with E-state index in [9.17, 15) is 9.59 Å². The maximum absolute atomic E-state index is 12.2. The Balaban J connectivity index is 1.58. The number of carbonyl (C=O) groups excluding carboxylic acids is 2. The number of nitrogens with one attached hydrogen (secondary N) is 1. The van der Waals surface area contributed by atoms with Gasteiger partial charge < -0.3 is 10.2 Å². The second kappa shape index (κ2) is 8.90. The predicted octanol–water partition coefficient (Wildman–Crippen LogP) is 4.63. The molecule has 1 aliphatic heterocycles. The van der Waals surface area contributed by atoms with Gasteiger partial charge in [0.1, 0.15) is 0 Å². The highest BCUT2D eigenvalue weighted by atomic mass is 32.2. The quantitative estimate of drug-likeness (QED) is 0.756. The summed E-state index contributed by atoms with van der Waals surface area (Å²) in [6.45, 7) is 2.75. The summed E-state index contributed by atoms with van der Waals surface area (Å²) in [6, 6.07) is 15.9. The zero-order valence-electron chi connectivity index (χ0n) is 15.0. The zero-order valence-corrected chi connectivity index (χ0v) is 15.8. The first-order chi connectivity index (χ1) is 12.6. The largest absolute Gasteiger partial charge is 0.326 e. The molecule has 5 heteroatoms. The zero-order chi connectivity index (χ0) is 18.4. The third-order valence-electron chi connectivity index (χ3n) is 4.45. The summed E-state index contributed by atoms with van der Waals surface area (Å²) in [5, 5.41) is 2.96. The van der Waals surface area contributed by atoms with Gasteiger partial charge in [-0.2, -0.15) is 0 Å². The van der Waals surface area contributed by atoms with Crippen LogP contribution in [0.25, 0.3) is 0 Å². The van der Waals surface area contributed by atoms with Crippen molar-refractivity contribution in [2.75, 3.05) is 22.5 Å². The van der Waals surface area contributed by atoms with Crippen molar-refractivity contribution in [1.29, 1.82) is 0 Å². The van der Waals surface area contributed by atoms with Crippen LogP contribution in [0.5, 0.6) is 0 Å². The number of hydrogen-bond donors (Lipinski definition) is 1. The van der Waals surface area contributed by atoms with Crippen LogP contribution in [-0.4, -0.2) is 24.1 Å². The summed E-state index contributed by atoms with van der Waals surface area (Å²) in [5.74, 6) is 0.898. The molecule has 1 heterocycles. The van der Waals surface area contributed by atoms with E-state index in [2.05, 4.69) is 5.32 Å². The van der Waals surface area contributed by atoms with Crippen molar-refractivity contribution in [2.45, 2.75) is 37.5 Å². The fourth-order valence-corrected chi connectivity index (χ4v) is 3.91. The van der Waals surface area contributed by atoms with Crippen LogP contribution in [0.1, 0.15) is 31.2 Å². The summed E-state index contributed by atoms with van der Waals surface area (Å²) in [6.07, 6.45) is 3.04. The smallest absolute Gasteiger partial charge is 0.226 e. The summed E-state index contributed by atoms with van der Waals surface area (Å²) in [4.78, 5) is 27.4. The Morgan fingerprint density at radius 3 is 2.73 bits per heavy atom. The molecule has 1 fully saturated rings. The summed E-state index contributed by atoms with van der Waals surface area (Å²) in [5.41, 5.74) is 2.71. The van der Waals surface area contributed by atoms with Crippen molar-refractivity contribution in [3.05, 3.63) is 54.1 Å². The molecule has 0 unspecified atom stereocenters. The monoisotopic (exact) mass is 368 g/mol. The van der Waals surface area contributed by atoms with E-state index in [1.54, 1.807) is 11.8 Å². The molecule has 0 bridgehead atoms. The molecule has 136 valence electrons. The number of rotatable bonds is 6. The molecule has 2 amide bonds. The number of piperidine rings is 1. The SMILES string of the molecule is Cc1ccc(NC(=O)CCSc2ccccc2)cc1N1CCCCC1=O. The van der Waals surface area contributed by atoms with Crippen LogP contribution < -0.4 is 10.2 Å². The van der Waals surface area contributed by atoms with Crippen molar-refractivity contribution >= 4 is 35.0 Å². The Morgan fingerprint density at radius 1 is 1.15 bits per heavy atom. The van der Waals surface area contributed by atoms with Crippen LogP contribution in [0.3, 0.4) is 0 Å². The third-order valence-corrected chi connectivity index (χ3v) is 5.46. The lowest BCUT2D eigenvalue weighted by molar-refractivity contribution is -0.119. The van der Waals surface area contributed by atoms with Crippen molar-refractivity contribution in [3.8, 4) is 0 Å². The molecule has 1 saturated heterocycles. The van der Waals surface area contributed by atoms with Crippen molar-refractivity contribution in [3.63, 3.8) is 0 Å². The maximum Gasteiger partial charge on any atom is 0.226 e. The standard InChI is InChI=1S/C21H24N2O2S/c1-16-10-11-17(15-19(16)23-13-6-5-9-21(23)25)22-20(24)12-14-26-18-7-3-2-4-8-18/h2-4,7-8,10-11,15H,5-6,9,12-14H2,1H3,(H,22,24). The molecule has 0 saturated carbocycles. The minimum absolute atomic E-state index is 0.00629. The first-order valence-corrected chi connectivity index (χ1v) is 10.0. The van der Waals surface area contributed by atoms with Gasteiger partial charge in [0.25, 0.3) is 0 Å². The maximum atomic E-state index is 12.2. The fourth-order valence-electron chi connectivity index (χ4n) is 3.04. The number of carbonyl (C=O) groups is 2. The molecule has 0 aliphatic carbocycles. The molecule has 1 N–H and O–H groups in total. The van der Waals surface area contributed by atoms with Crippen LogP contribution in [0, 0.1) is 6.92 Å². The first kappa shape index (κ1) is 18.5. The molecule has 26 heavy (non-hydrogen) atoms. The number of aryl methyl sites for hydroxylation is 1. The summed E-state index contributed by atoms with van der Waals surface area (Å²) < 4.78 is 0. The third kappa shape index (κ3) is 4.88. The van der Waals surface area contributed by atoms with E-state index in [0.717, 1.165) is 42.1 Å². The van der Waals surface area contributed by atoms with E-state index in [1.165, 1.54) is 4.90 Å². The van der Waals surface area contributed by atoms with E-state index in [0.29, 0.717) is 12.8 Å². The number of nitrogens with zero attached hydrogens (tertiary/aromatic N) is 1. The minimum atomic E-state index is -0.00629. The van der Waals surface area contributed by atoms with Crippen LogP contribution >= 0.6 is 11.8 Å². The van der Waals surface area contributed by atoms with Gasteiger partial charge in [0.05, 0.1) is 0 Å². The van der Waals surface area contributed by atoms with E-state index < -0.39 is 0 Å². The minimum Gasteiger partial charge on any atom is -0.326 e. The van der Waals surface area contributed by atoms with Gasteiger partial charge in [-0.1, -0.05) is 24.3 Å². The van der Waals surface area contributed by atoms with E-state index in [-0.39, 0.29) is 11.8 Å². The lowest BCUT2D eigenvalue weighted by atomic mass is 10.1. The lowest BCUT2D eigenvalue weighted by Gasteiger charge is -2.28. The number of hydrogen-bond acceptors (Lipinski definition) is 3. The van der Waals surface area contributed by atoms with Gasteiger partial charge in [-0.15, -0.1) is 11.8 Å². The number of benzene rings is 2. The van der Waals surface area contributed by atoms with Crippen LogP contribution in [0.2, 0.25) is 0 Å². The highest BCUT2D eigenvalue weighted by Crippen LogP contribution is 2.28. The number of thioether (sulfide) groups is 1. The van der Waals surface area contributed by atoms with Gasteiger partial charge in [0.2, 0.25) is 11.8 Å². The Labute approximate surface area is 159 Å². The molecule has 1 aliphatic rings. The van der Waals surface area contributed by atoms with Gasteiger partial charge in [-0.25, -0.2) is 0 Å². The lowest BCUT2D eigenvalue weighted by Crippen LogP contribution is -2.35. The molecule has 3 rings (SSSR count). The number of anilines is 2. The molecule has 0 atom stereocenters. The van der Waals surface area contributed by atoms with Crippen LogP contribution in [0.4, 0.5) is 11.4 Å². The predicted molar refractivity (Wildman–Crippen MR) is 108 cm³/mol. The molecular formula is C21H24N2O2S. The highest BCUT2D eigenvalue weighted by molar-refractivity contribution is 7.99. The Morgan fingerprint density at radius 2 is 1.96 bits per heavy atom. The molecule has 4 nitrogen and oxygen atoms in total. The average Bonchev–Trinajstić information content (AvgIpc) is 2.65. The molecule has 2 aromatic rings. The fraction of sp³-hybridized carbons (Fsp3) is 0.333. The Bertz CT molecular complexity index is 777. The van der Waals surface area contributed by atoms with Crippen molar-refractivity contribution in [2.24, 2.45) is 0 Å². The Hall–Kier alpha value is -2.27. The average molecular weight is 369 g/mol. The molecule has 2 aromatic carbocycles. The summed E-state index contributed by atoms with van der Waals surface area (Å²) in [7, 11) is 0. The van der Waals surface area contributed by atoms with Crippen molar-refractivity contribution < 1.29 is 9.59 Å². The van der Waals surface area contributed by atoms with Gasteiger partial charge in [-0.05, 0) is 49.6 Å². The van der Waals surface area contributed by atoms with Crippen molar-refractivity contribution in [1.82, 2.24) is 0 Å². The Kier molecular flexibility index (Phi) is 6.34. The van der Waals surface area contributed by atoms with E-state index >= 15 is 0 Å². The second-order valence-electron chi connectivity index (χ2n) is 6.46.